The third-order valence-corrected chi connectivity index (χ3v) is 14.4. The topological polar surface area (TPSA) is 182 Å². The number of halogens is 4. The number of ether oxygens (including phenoxy) is 3. The Morgan fingerprint density at radius 3 is 2.41 bits per heavy atom. The fraction of sp³-hybridized carbons (Fsp3) is 0.500. The molecule has 3 fully saturated rings. The second-order valence-corrected chi connectivity index (χ2v) is 18.6. The molecule has 2 aliphatic heterocycles. The van der Waals surface area contributed by atoms with Crippen LogP contribution < -0.4 is 29.6 Å². The van der Waals surface area contributed by atoms with Crippen LogP contribution in [0.4, 0.5) is 17.6 Å². The summed E-state index contributed by atoms with van der Waals surface area (Å²) in [5.74, 6) is -7.65. The van der Waals surface area contributed by atoms with Crippen LogP contribution in [0.15, 0.2) is 48.7 Å². The molecule has 3 heterocycles. The van der Waals surface area contributed by atoms with Gasteiger partial charge in [0.2, 0.25) is 27.7 Å². The van der Waals surface area contributed by atoms with Crippen molar-refractivity contribution in [2.45, 2.75) is 87.3 Å². The van der Waals surface area contributed by atoms with Crippen LogP contribution in [0.2, 0.25) is 0 Å². The van der Waals surface area contributed by atoms with Gasteiger partial charge in [-0.3, -0.25) is 23.9 Å². The van der Waals surface area contributed by atoms with Crippen molar-refractivity contribution in [1.82, 2.24) is 25.2 Å². The maximum atomic E-state index is 15.1. The summed E-state index contributed by atoms with van der Waals surface area (Å²) in [6.45, 7) is 2.18. The molecule has 2 unspecified atom stereocenters. The largest absolute Gasteiger partial charge is 0.494 e. The highest BCUT2D eigenvalue weighted by atomic mass is 32.2. The molecule has 0 bridgehead atoms. The third kappa shape index (κ3) is 8.44. The number of alkyl halides is 1. The van der Waals surface area contributed by atoms with Crippen LogP contribution in [0.1, 0.15) is 69.2 Å². The Kier molecular flexibility index (Phi) is 12.0. The Morgan fingerprint density at radius 1 is 1.00 bits per heavy atom. The van der Waals surface area contributed by atoms with Gasteiger partial charge in [-0.15, -0.1) is 0 Å². The van der Waals surface area contributed by atoms with Gasteiger partial charge in [0, 0.05) is 23.8 Å². The lowest BCUT2D eigenvalue weighted by atomic mass is 9.87. The molecule has 4 amide bonds. The standard InChI is InChI=1S/C42H47F4N5O9S/c1-22-7-5-6-8-24-18-42(24,40(55)50-61(56,57)41(21-43)11-12-41)49-37(53)32-15-26(60-38-29-16-31(46)33(58-3)17-28(29)34(59-4)19-47-38)20-51(32)39(54)35(23(2)13-22)48-36(52)27-10-9-25(44)14-30(27)45/h6,8-10,14,16-17,19,22-24,26,32,35H,5,7,11-13,15,18,20-21H2,1-4H3,(H,48,52)(H,49,53)(H,50,55)/b8-6-/t22-,23-,24?,26-,32+,35+,42?/m1/s1. The van der Waals surface area contributed by atoms with E-state index in [1.165, 1.54) is 31.4 Å². The first-order valence-corrected chi connectivity index (χ1v) is 21.5. The predicted molar refractivity (Wildman–Crippen MR) is 212 cm³/mol. The minimum absolute atomic E-state index is 0.00506. The molecular formula is C42H47F4N5O9S. The number of sulfonamides is 1. The first kappa shape index (κ1) is 43.6. The molecule has 3 aromatic rings. The Hall–Kier alpha value is -5.46. The van der Waals surface area contributed by atoms with Crippen LogP contribution in [0, 0.1) is 35.2 Å². The molecule has 61 heavy (non-hydrogen) atoms. The van der Waals surface area contributed by atoms with Crippen LogP contribution in [0.3, 0.4) is 0 Å². The van der Waals surface area contributed by atoms with Crippen molar-refractivity contribution in [3.63, 3.8) is 0 Å². The lowest BCUT2D eigenvalue weighted by molar-refractivity contribution is -0.142. The lowest BCUT2D eigenvalue weighted by Gasteiger charge is -2.33. The van der Waals surface area contributed by atoms with E-state index in [4.69, 9.17) is 14.2 Å². The minimum Gasteiger partial charge on any atom is -0.494 e. The summed E-state index contributed by atoms with van der Waals surface area (Å²) >= 11 is 0. The number of hydrogen-bond donors (Lipinski definition) is 3. The summed E-state index contributed by atoms with van der Waals surface area (Å²) in [6.07, 6.45) is 5.23. The van der Waals surface area contributed by atoms with E-state index in [1.54, 1.807) is 13.0 Å². The molecule has 7 rings (SSSR count). The number of fused-ring (bicyclic) bond motifs is 3. The average Bonchev–Trinajstić information content (AvgIpc) is 4.12. The second kappa shape index (κ2) is 16.8. The quantitative estimate of drug-likeness (QED) is 0.192. The first-order chi connectivity index (χ1) is 29.0. The Labute approximate surface area is 349 Å². The van der Waals surface area contributed by atoms with E-state index < -0.39 is 104 Å². The van der Waals surface area contributed by atoms with Crippen LogP contribution in [-0.2, 0) is 24.4 Å². The number of pyridine rings is 1. The van der Waals surface area contributed by atoms with Gasteiger partial charge in [0.1, 0.15) is 52.5 Å². The molecule has 3 N–H and O–H groups in total. The number of nitrogens with zero attached hydrogens (tertiary/aromatic N) is 2. The number of amides is 4. The molecule has 0 radical (unpaired) electrons. The number of aromatic nitrogens is 1. The molecular weight excluding hydrogens is 827 g/mol. The number of nitrogens with one attached hydrogen (secondary N) is 3. The summed E-state index contributed by atoms with van der Waals surface area (Å²) < 4.78 is 101. The molecule has 1 saturated heterocycles. The maximum absolute atomic E-state index is 15.1. The van der Waals surface area contributed by atoms with E-state index in [2.05, 4.69) is 15.6 Å². The lowest BCUT2D eigenvalue weighted by Crippen LogP contribution is -2.59. The summed E-state index contributed by atoms with van der Waals surface area (Å²) in [5.41, 5.74) is -2.30. The van der Waals surface area contributed by atoms with Gasteiger partial charge in [0.25, 0.3) is 11.8 Å². The molecule has 2 aromatic carbocycles. The zero-order valence-electron chi connectivity index (χ0n) is 33.9. The van der Waals surface area contributed by atoms with Crippen molar-refractivity contribution >= 4 is 44.4 Å². The molecule has 2 saturated carbocycles. The number of rotatable bonds is 10. The SMILES string of the molecule is COc1cc2c(OC)cnc(O[C@@H]3C[C@H]4C(=O)NC5(C(=O)NS(=O)(=O)C6(CF)CC6)CC5/C=C\CC[C@@H](C)C[C@@H](C)[C@H](NC(=O)c5ccc(F)cc5F)C(=O)N4C3)c2cc1F. The molecule has 2 aliphatic carbocycles. The summed E-state index contributed by atoms with van der Waals surface area (Å²) in [7, 11) is -1.78. The number of methoxy groups -OCH3 is 2. The molecule has 7 atom stereocenters. The minimum atomic E-state index is -4.48. The highest BCUT2D eigenvalue weighted by Gasteiger charge is 2.64. The fourth-order valence-electron chi connectivity index (χ4n) is 8.40. The maximum Gasteiger partial charge on any atom is 0.259 e. The molecule has 328 valence electrons. The van der Waals surface area contributed by atoms with E-state index in [9.17, 15) is 40.8 Å². The highest BCUT2D eigenvalue weighted by Crippen LogP contribution is 2.48. The van der Waals surface area contributed by atoms with Gasteiger partial charge in [-0.05, 0) is 74.6 Å². The normalized spacial score (nSPS) is 28.0. The zero-order chi connectivity index (χ0) is 44.0. The van der Waals surface area contributed by atoms with Crippen LogP contribution in [0.5, 0.6) is 17.4 Å². The van der Waals surface area contributed by atoms with Crippen LogP contribution in [-0.4, -0.2) is 97.8 Å². The predicted octanol–water partition coefficient (Wildman–Crippen LogP) is 4.65. The summed E-state index contributed by atoms with van der Waals surface area (Å²) in [6, 6.07) is 2.17. The molecule has 1 aromatic heterocycles. The van der Waals surface area contributed by atoms with Gasteiger partial charge < -0.3 is 29.7 Å². The van der Waals surface area contributed by atoms with E-state index in [1.807, 2.05) is 17.7 Å². The summed E-state index contributed by atoms with van der Waals surface area (Å²) in [5, 5.41) is 5.91. The first-order valence-electron chi connectivity index (χ1n) is 20.0. The van der Waals surface area contributed by atoms with Gasteiger partial charge in [-0.25, -0.2) is 31.0 Å². The summed E-state index contributed by atoms with van der Waals surface area (Å²) in [4.78, 5) is 62.5. The number of allylic oxidation sites excluding steroid dienone is 1. The number of hydrogen-bond acceptors (Lipinski definition) is 10. The van der Waals surface area contributed by atoms with Crippen LogP contribution >= 0.6 is 0 Å². The molecule has 19 heteroatoms. The van der Waals surface area contributed by atoms with Gasteiger partial charge in [-0.2, -0.15) is 0 Å². The van der Waals surface area contributed by atoms with E-state index in [0.29, 0.717) is 30.7 Å². The van der Waals surface area contributed by atoms with Gasteiger partial charge >= 0.3 is 0 Å². The number of carbonyl (C=O) groups is 4. The highest BCUT2D eigenvalue weighted by molar-refractivity contribution is 7.91. The Morgan fingerprint density at radius 2 is 1.74 bits per heavy atom. The van der Waals surface area contributed by atoms with Crippen LogP contribution in [0.25, 0.3) is 10.8 Å². The monoisotopic (exact) mass is 873 g/mol. The fourth-order valence-corrected chi connectivity index (χ4v) is 9.83. The van der Waals surface area contributed by atoms with Crippen molar-refractivity contribution in [2.24, 2.45) is 17.8 Å². The van der Waals surface area contributed by atoms with Gasteiger partial charge in [-0.1, -0.05) is 26.0 Å². The average molecular weight is 874 g/mol. The van der Waals surface area contributed by atoms with Crippen molar-refractivity contribution in [3.8, 4) is 17.4 Å². The molecule has 14 nitrogen and oxygen atoms in total. The Bertz CT molecular complexity index is 2400. The zero-order valence-corrected chi connectivity index (χ0v) is 34.8. The Balaban J connectivity index is 1.26. The second-order valence-electron chi connectivity index (χ2n) is 16.6. The van der Waals surface area contributed by atoms with Crippen molar-refractivity contribution in [1.29, 1.82) is 0 Å². The van der Waals surface area contributed by atoms with E-state index in [0.717, 1.165) is 18.2 Å². The molecule has 0 spiro atoms. The smallest absolute Gasteiger partial charge is 0.259 e. The van der Waals surface area contributed by atoms with Gasteiger partial charge in [0.05, 0.1) is 37.9 Å². The van der Waals surface area contributed by atoms with Crippen molar-refractivity contribution in [2.75, 3.05) is 27.4 Å². The van der Waals surface area contributed by atoms with Crippen molar-refractivity contribution in [3.05, 3.63) is 71.7 Å². The van der Waals surface area contributed by atoms with Gasteiger partial charge in [0.15, 0.2) is 11.6 Å². The number of carbonyl (C=O) groups excluding carboxylic acids is 4. The molecule has 4 aliphatic rings. The van der Waals surface area contributed by atoms with Crippen molar-refractivity contribution < 1.29 is 59.4 Å². The number of benzene rings is 2. The van der Waals surface area contributed by atoms with E-state index in [-0.39, 0.29) is 60.9 Å². The van der Waals surface area contributed by atoms with E-state index >= 15 is 4.39 Å². The third-order valence-electron chi connectivity index (χ3n) is 12.3.